The van der Waals surface area contributed by atoms with Crippen molar-refractivity contribution in [2.24, 2.45) is 0 Å². The number of aromatic carboxylic acids is 1. The van der Waals surface area contributed by atoms with Gasteiger partial charge in [-0.2, -0.15) is 0 Å². The van der Waals surface area contributed by atoms with Gasteiger partial charge in [0.05, 0.1) is 23.8 Å². The zero-order valence-electron chi connectivity index (χ0n) is 13.3. The number of nitrogens with one attached hydrogen (secondary N) is 1. The van der Waals surface area contributed by atoms with Crippen LogP contribution in [0.25, 0.3) is 10.2 Å². The summed E-state index contributed by atoms with van der Waals surface area (Å²) < 4.78 is 6.35. The number of amides is 1. The van der Waals surface area contributed by atoms with Gasteiger partial charge in [0.15, 0.2) is 0 Å². The Labute approximate surface area is 145 Å². The lowest BCUT2D eigenvalue weighted by atomic mass is 10.2. The van der Waals surface area contributed by atoms with Crippen molar-refractivity contribution in [3.8, 4) is 0 Å². The monoisotopic (exact) mass is 361 g/mol. The predicted molar refractivity (Wildman–Crippen MR) is 90.8 cm³/mol. The van der Waals surface area contributed by atoms with Gasteiger partial charge in [0, 0.05) is 11.8 Å². The van der Waals surface area contributed by atoms with Gasteiger partial charge in [-0.1, -0.05) is 6.92 Å². The molecule has 3 aromatic rings. The van der Waals surface area contributed by atoms with E-state index in [0.29, 0.717) is 22.8 Å². The van der Waals surface area contributed by atoms with Crippen LogP contribution in [0.2, 0.25) is 0 Å². The topological polar surface area (TPSA) is 114 Å². The molecule has 0 aromatic carbocycles. The fourth-order valence-electron chi connectivity index (χ4n) is 2.46. The van der Waals surface area contributed by atoms with E-state index < -0.39 is 11.5 Å². The molecule has 9 heteroatoms. The largest absolute Gasteiger partial charge is 0.478 e. The Kier molecular flexibility index (Phi) is 4.66. The fraction of sp³-hybridized carbons (Fsp3) is 0.250. The lowest BCUT2D eigenvalue weighted by Gasteiger charge is -2.11. The van der Waals surface area contributed by atoms with Gasteiger partial charge >= 0.3 is 5.97 Å². The molecule has 0 saturated heterocycles. The Bertz CT molecular complexity index is 987. The minimum absolute atomic E-state index is 0.0357. The molecule has 0 fully saturated rings. The van der Waals surface area contributed by atoms with E-state index in [1.54, 1.807) is 12.1 Å². The molecule has 3 aromatic heterocycles. The SMILES string of the molecule is CCc1nc2scc(C(=O)O)c2c(=O)n1CC(=O)NCc1ccco1. The molecule has 0 spiro atoms. The van der Waals surface area contributed by atoms with Crippen LogP contribution in [0.15, 0.2) is 33.0 Å². The van der Waals surface area contributed by atoms with E-state index in [9.17, 15) is 19.5 Å². The molecule has 25 heavy (non-hydrogen) atoms. The maximum absolute atomic E-state index is 12.7. The van der Waals surface area contributed by atoms with Gasteiger partial charge in [0.1, 0.15) is 23.0 Å². The summed E-state index contributed by atoms with van der Waals surface area (Å²) in [6.07, 6.45) is 1.94. The number of nitrogens with zero attached hydrogens (tertiary/aromatic N) is 2. The molecule has 0 unspecified atom stereocenters. The molecule has 0 saturated carbocycles. The van der Waals surface area contributed by atoms with Gasteiger partial charge in [0.25, 0.3) is 5.56 Å². The van der Waals surface area contributed by atoms with Crippen LogP contribution in [-0.2, 0) is 24.3 Å². The average Bonchev–Trinajstić information content (AvgIpc) is 3.24. The third kappa shape index (κ3) is 3.31. The number of rotatable bonds is 6. The molecule has 0 atom stereocenters. The number of thiophene rings is 1. The molecule has 3 rings (SSSR count). The van der Waals surface area contributed by atoms with Crippen LogP contribution < -0.4 is 10.9 Å². The van der Waals surface area contributed by atoms with Crippen molar-refractivity contribution in [3.05, 3.63) is 51.3 Å². The molecule has 130 valence electrons. The van der Waals surface area contributed by atoms with Gasteiger partial charge in [-0.25, -0.2) is 9.78 Å². The van der Waals surface area contributed by atoms with Crippen molar-refractivity contribution in [2.75, 3.05) is 0 Å². The minimum Gasteiger partial charge on any atom is -0.478 e. The van der Waals surface area contributed by atoms with Gasteiger partial charge in [-0.05, 0) is 12.1 Å². The summed E-state index contributed by atoms with van der Waals surface area (Å²) in [5.74, 6) is -0.551. The Balaban J connectivity index is 1.92. The van der Waals surface area contributed by atoms with E-state index in [1.165, 1.54) is 16.2 Å². The van der Waals surface area contributed by atoms with Crippen LogP contribution in [0, 0.1) is 0 Å². The number of carbonyl (C=O) groups excluding carboxylic acids is 1. The number of carboxylic acid groups (broad SMARTS) is 1. The quantitative estimate of drug-likeness (QED) is 0.690. The van der Waals surface area contributed by atoms with Crippen LogP contribution in [-0.4, -0.2) is 26.5 Å². The second kappa shape index (κ2) is 6.89. The van der Waals surface area contributed by atoms with Crippen LogP contribution >= 0.6 is 11.3 Å². The maximum atomic E-state index is 12.7. The van der Waals surface area contributed by atoms with E-state index >= 15 is 0 Å². The molecule has 3 heterocycles. The summed E-state index contributed by atoms with van der Waals surface area (Å²) in [6, 6.07) is 3.44. The highest BCUT2D eigenvalue weighted by molar-refractivity contribution is 7.17. The molecule has 1 amide bonds. The number of fused-ring (bicyclic) bond motifs is 1. The van der Waals surface area contributed by atoms with Crippen LogP contribution in [0.4, 0.5) is 0 Å². The molecule has 0 aliphatic rings. The highest BCUT2D eigenvalue weighted by atomic mass is 32.1. The second-order valence-electron chi connectivity index (χ2n) is 5.26. The first kappa shape index (κ1) is 16.9. The number of furan rings is 1. The molecule has 0 bridgehead atoms. The molecular weight excluding hydrogens is 346 g/mol. The van der Waals surface area contributed by atoms with Crippen molar-refractivity contribution < 1.29 is 19.1 Å². The van der Waals surface area contributed by atoms with Crippen molar-refractivity contribution >= 4 is 33.4 Å². The number of carboxylic acids is 1. The Morgan fingerprint density at radius 1 is 1.44 bits per heavy atom. The zero-order valence-corrected chi connectivity index (χ0v) is 14.1. The summed E-state index contributed by atoms with van der Waals surface area (Å²) in [7, 11) is 0. The second-order valence-corrected chi connectivity index (χ2v) is 6.12. The molecule has 0 aliphatic carbocycles. The maximum Gasteiger partial charge on any atom is 0.337 e. The average molecular weight is 361 g/mol. The number of aryl methyl sites for hydroxylation is 1. The number of hydrogen-bond acceptors (Lipinski definition) is 6. The third-order valence-electron chi connectivity index (χ3n) is 3.66. The first-order chi connectivity index (χ1) is 12.0. The summed E-state index contributed by atoms with van der Waals surface area (Å²) >= 11 is 1.10. The van der Waals surface area contributed by atoms with E-state index in [4.69, 9.17) is 4.42 Å². The first-order valence-electron chi connectivity index (χ1n) is 7.54. The number of hydrogen-bond donors (Lipinski definition) is 2. The van der Waals surface area contributed by atoms with E-state index in [0.717, 1.165) is 11.3 Å². The molecule has 2 N–H and O–H groups in total. The minimum atomic E-state index is -1.19. The highest BCUT2D eigenvalue weighted by Gasteiger charge is 2.20. The van der Waals surface area contributed by atoms with Crippen LogP contribution in [0.5, 0.6) is 0 Å². The van der Waals surface area contributed by atoms with Crippen molar-refractivity contribution in [1.29, 1.82) is 0 Å². The van der Waals surface area contributed by atoms with E-state index in [2.05, 4.69) is 10.3 Å². The van der Waals surface area contributed by atoms with Crippen molar-refractivity contribution in [3.63, 3.8) is 0 Å². The fourth-order valence-corrected chi connectivity index (χ4v) is 3.38. The molecular formula is C16H15N3O5S. The Hall–Kier alpha value is -2.94. The smallest absolute Gasteiger partial charge is 0.337 e. The highest BCUT2D eigenvalue weighted by Crippen LogP contribution is 2.21. The summed E-state index contributed by atoms with van der Waals surface area (Å²) in [4.78, 5) is 40.9. The summed E-state index contributed by atoms with van der Waals surface area (Å²) in [5.41, 5.74) is -0.612. The Morgan fingerprint density at radius 2 is 2.24 bits per heavy atom. The van der Waals surface area contributed by atoms with Crippen molar-refractivity contribution in [2.45, 2.75) is 26.4 Å². The number of aromatic nitrogens is 2. The van der Waals surface area contributed by atoms with Gasteiger partial charge in [-0.15, -0.1) is 11.3 Å². The zero-order chi connectivity index (χ0) is 18.0. The molecule has 0 aliphatic heterocycles. The van der Waals surface area contributed by atoms with Gasteiger partial charge < -0.3 is 14.8 Å². The van der Waals surface area contributed by atoms with Gasteiger partial charge in [-0.3, -0.25) is 14.2 Å². The summed E-state index contributed by atoms with van der Waals surface area (Å²) in [5, 5.41) is 13.3. The Morgan fingerprint density at radius 3 is 2.88 bits per heavy atom. The predicted octanol–water partition coefficient (Wildman–Crippen LogP) is 1.63. The molecule has 0 radical (unpaired) electrons. The lowest BCUT2D eigenvalue weighted by molar-refractivity contribution is -0.122. The standard InChI is InChI=1S/C16H15N3O5S/c1-2-11-18-14-13(10(8-25-14)16(22)23)15(21)19(11)7-12(20)17-6-9-4-3-5-24-9/h3-5,8H,2,6-7H2,1H3,(H,17,20)(H,22,23). The van der Waals surface area contributed by atoms with Crippen LogP contribution in [0.3, 0.4) is 0 Å². The third-order valence-corrected chi connectivity index (χ3v) is 4.53. The van der Waals surface area contributed by atoms with E-state index in [-0.39, 0.29) is 29.9 Å². The van der Waals surface area contributed by atoms with Crippen LogP contribution in [0.1, 0.15) is 28.9 Å². The number of carbonyl (C=O) groups is 2. The lowest BCUT2D eigenvalue weighted by Crippen LogP contribution is -2.34. The normalized spacial score (nSPS) is 10.9. The van der Waals surface area contributed by atoms with E-state index in [1.807, 2.05) is 6.92 Å². The summed E-state index contributed by atoms with van der Waals surface area (Å²) in [6.45, 7) is 1.79. The first-order valence-corrected chi connectivity index (χ1v) is 8.42. The van der Waals surface area contributed by atoms with Gasteiger partial charge in [0.2, 0.25) is 5.91 Å². The van der Waals surface area contributed by atoms with Crippen molar-refractivity contribution in [1.82, 2.24) is 14.9 Å². The molecule has 8 nitrogen and oxygen atoms in total.